The molecule has 0 bridgehead atoms. The van der Waals surface area contributed by atoms with Gasteiger partial charge in [0.1, 0.15) is 6.61 Å². The van der Waals surface area contributed by atoms with E-state index in [4.69, 9.17) is 17.7 Å². The highest BCUT2D eigenvalue weighted by atomic mass is 28.4. The molecule has 16 heavy (non-hydrogen) atoms. The molecule has 5 nitrogen and oxygen atoms in total. The first-order valence-electron chi connectivity index (χ1n) is 5.08. The summed E-state index contributed by atoms with van der Waals surface area (Å²) in [4.78, 5) is 11.3. The SMILES string of the molecule is C=C(C)C(=O)CO[Si](OC)(OC)OCCC. The van der Waals surface area contributed by atoms with Crippen LogP contribution in [-0.2, 0) is 22.5 Å². The minimum atomic E-state index is -3.14. The number of rotatable bonds is 9. The van der Waals surface area contributed by atoms with Crippen molar-refractivity contribution in [1.82, 2.24) is 0 Å². The van der Waals surface area contributed by atoms with Gasteiger partial charge in [-0.1, -0.05) is 13.5 Å². The van der Waals surface area contributed by atoms with Gasteiger partial charge in [0, 0.05) is 20.8 Å². The summed E-state index contributed by atoms with van der Waals surface area (Å²) in [6.07, 6.45) is 0.819. The van der Waals surface area contributed by atoms with Crippen molar-refractivity contribution in [3.05, 3.63) is 12.2 Å². The van der Waals surface area contributed by atoms with Gasteiger partial charge < -0.3 is 17.7 Å². The van der Waals surface area contributed by atoms with Crippen LogP contribution in [0.25, 0.3) is 0 Å². The third-order valence-corrected chi connectivity index (χ3v) is 3.89. The average Bonchev–Trinajstić information content (AvgIpc) is 2.29. The van der Waals surface area contributed by atoms with E-state index in [9.17, 15) is 4.79 Å². The van der Waals surface area contributed by atoms with Crippen molar-refractivity contribution in [3.63, 3.8) is 0 Å². The first kappa shape index (κ1) is 15.5. The minimum absolute atomic E-state index is 0.132. The average molecular weight is 248 g/mol. The quantitative estimate of drug-likeness (QED) is 0.455. The zero-order chi connectivity index (χ0) is 12.6. The lowest BCUT2D eigenvalue weighted by atomic mass is 10.2. The molecule has 0 saturated heterocycles. The second-order valence-corrected chi connectivity index (χ2v) is 5.64. The molecule has 0 heterocycles. The Morgan fingerprint density at radius 2 is 1.81 bits per heavy atom. The van der Waals surface area contributed by atoms with Gasteiger partial charge in [-0.3, -0.25) is 4.79 Å². The molecule has 0 aliphatic rings. The third-order valence-electron chi connectivity index (χ3n) is 1.84. The number of Topliss-reactive ketones (excluding diaryl/α,β-unsaturated/α-hetero) is 1. The second kappa shape index (κ2) is 7.69. The first-order chi connectivity index (χ1) is 7.51. The molecule has 0 unspecified atom stereocenters. The van der Waals surface area contributed by atoms with Crippen LogP contribution >= 0.6 is 0 Å². The number of hydrogen-bond acceptors (Lipinski definition) is 5. The van der Waals surface area contributed by atoms with Crippen LogP contribution < -0.4 is 0 Å². The third kappa shape index (κ3) is 5.00. The Morgan fingerprint density at radius 1 is 1.25 bits per heavy atom. The molecule has 0 aromatic rings. The lowest BCUT2D eigenvalue weighted by Gasteiger charge is -2.24. The van der Waals surface area contributed by atoms with E-state index in [1.165, 1.54) is 14.2 Å². The predicted octanol–water partition coefficient (Wildman–Crippen LogP) is 1.30. The van der Waals surface area contributed by atoms with Crippen LogP contribution in [-0.4, -0.2) is 42.3 Å². The van der Waals surface area contributed by atoms with Crippen LogP contribution in [0.5, 0.6) is 0 Å². The zero-order valence-electron chi connectivity index (χ0n) is 10.4. The van der Waals surface area contributed by atoms with E-state index in [1.807, 2.05) is 6.92 Å². The van der Waals surface area contributed by atoms with E-state index in [-0.39, 0.29) is 12.4 Å². The number of hydrogen-bond donors (Lipinski definition) is 0. The summed E-state index contributed by atoms with van der Waals surface area (Å²) in [5.41, 5.74) is 0.436. The maximum absolute atomic E-state index is 11.3. The molecule has 0 saturated carbocycles. The number of carbonyl (C=O) groups excluding carboxylic acids is 1. The maximum Gasteiger partial charge on any atom is 0.679 e. The molecule has 0 aliphatic heterocycles. The Balaban J connectivity index is 4.31. The van der Waals surface area contributed by atoms with Gasteiger partial charge in [-0.05, 0) is 18.9 Å². The summed E-state index contributed by atoms with van der Waals surface area (Å²) in [5.74, 6) is -0.189. The number of ketones is 1. The van der Waals surface area contributed by atoms with Crippen molar-refractivity contribution in [1.29, 1.82) is 0 Å². The van der Waals surface area contributed by atoms with Gasteiger partial charge in [0.25, 0.3) is 0 Å². The summed E-state index contributed by atoms with van der Waals surface area (Å²) < 4.78 is 20.9. The molecule has 0 aliphatic carbocycles. The molecular weight excluding hydrogens is 228 g/mol. The highest BCUT2D eigenvalue weighted by Gasteiger charge is 2.43. The van der Waals surface area contributed by atoms with Crippen LogP contribution in [0.1, 0.15) is 20.3 Å². The molecule has 0 atom stereocenters. The van der Waals surface area contributed by atoms with E-state index < -0.39 is 9.05 Å². The Morgan fingerprint density at radius 3 is 2.19 bits per heavy atom. The second-order valence-electron chi connectivity index (χ2n) is 3.25. The van der Waals surface area contributed by atoms with Crippen molar-refractivity contribution >= 4 is 14.8 Å². The smallest absolute Gasteiger partial charge is 0.355 e. The van der Waals surface area contributed by atoms with Gasteiger partial charge in [-0.25, -0.2) is 0 Å². The van der Waals surface area contributed by atoms with E-state index >= 15 is 0 Å². The minimum Gasteiger partial charge on any atom is -0.355 e. The Labute approximate surface area is 97.8 Å². The highest BCUT2D eigenvalue weighted by Crippen LogP contribution is 2.10. The fraction of sp³-hybridized carbons (Fsp3) is 0.700. The summed E-state index contributed by atoms with van der Waals surface area (Å²) in [7, 11) is -0.253. The summed E-state index contributed by atoms with van der Waals surface area (Å²) in [5, 5.41) is 0. The molecule has 0 spiro atoms. The Kier molecular flexibility index (Phi) is 7.44. The fourth-order valence-corrected chi connectivity index (χ4v) is 2.35. The molecule has 0 aromatic heterocycles. The fourth-order valence-electron chi connectivity index (χ4n) is 0.865. The zero-order valence-corrected chi connectivity index (χ0v) is 11.4. The largest absolute Gasteiger partial charge is 0.679 e. The monoisotopic (exact) mass is 248 g/mol. The molecule has 0 N–H and O–H groups in total. The van der Waals surface area contributed by atoms with E-state index in [0.29, 0.717) is 12.2 Å². The summed E-state index contributed by atoms with van der Waals surface area (Å²) in [6.45, 7) is 7.46. The topological polar surface area (TPSA) is 54.0 Å². The van der Waals surface area contributed by atoms with Gasteiger partial charge in [0.05, 0.1) is 0 Å². The van der Waals surface area contributed by atoms with Gasteiger partial charge in [-0.2, -0.15) is 0 Å². The Hall–Kier alpha value is -0.533. The molecule has 94 valence electrons. The van der Waals surface area contributed by atoms with Crippen LogP contribution in [0.2, 0.25) is 0 Å². The lowest BCUT2D eigenvalue weighted by molar-refractivity contribution is -0.120. The molecule has 0 fully saturated rings. The van der Waals surface area contributed by atoms with Crippen LogP contribution in [0, 0.1) is 0 Å². The van der Waals surface area contributed by atoms with Crippen molar-refractivity contribution in [2.45, 2.75) is 20.3 Å². The normalized spacial score (nSPS) is 11.5. The van der Waals surface area contributed by atoms with Crippen LogP contribution in [0.3, 0.4) is 0 Å². The van der Waals surface area contributed by atoms with Gasteiger partial charge in [0.15, 0.2) is 5.78 Å². The maximum atomic E-state index is 11.3. The van der Waals surface area contributed by atoms with Crippen LogP contribution in [0.4, 0.5) is 0 Å². The van der Waals surface area contributed by atoms with E-state index in [2.05, 4.69) is 6.58 Å². The van der Waals surface area contributed by atoms with Gasteiger partial charge in [-0.15, -0.1) is 0 Å². The van der Waals surface area contributed by atoms with E-state index in [1.54, 1.807) is 6.92 Å². The van der Waals surface area contributed by atoms with Crippen molar-refractivity contribution in [2.24, 2.45) is 0 Å². The molecule has 0 radical (unpaired) electrons. The van der Waals surface area contributed by atoms with Gasteiger partial charge >= 0.3 is 9.05 Å². The first-order valence-corrected chi connectivity index (χ1v) is 6.71. The molecular formula is C10H20O5Si. The van der Waals surface area contributed by atoms with Crippen molar-refractivity contribution < 1.29 is 22.5 Å². The molecule has 0 amide bonds. The van der Waals surface area contributed by atoms with Crippen molar-refractivity contribution in [3.8, 4) is 0 Å². The Bertz CT molecular complexity index is 237. The highest BCUT2D eigenvalue weighted by molar-refractivity contribution is 6.53. The summed E-state index contributed by atoms with van der Waals surface area (Å²) >= 11 is 0. The van der Waals surface area contributed by atoms with Crippen molar-refractivity contribution in [2.75, 3.05) is 27.4 Å². The van der Waals surface area contributed by atoms with Crippen LogP contribution in [0.15, 0.2) is 12.2 Å². The summed E-state index contributed by atoms with van der Waals surface area (Å²) in [6, 6.07) is 0. The van der Waals surface area contributed by atoms with Gasteiger partial charge in [0.2, 0.25) is 0 Å². The molecule has 6 heteroatoms. The lowest BCUT2D eigenvalue weighted by Crippen LogP contribution is -2.48. The standard InChI is InChI=1S/C10H20O5Si/c1-6-7-14-16(12-4,13-5)15-8-10(11)9(2)3/h2,6-8H2,1,3-5H3. The van der Waals surface area contributed by atoms with E-state index in [0.717, 1.165) is 6.42 Å². The number of carbonyl (C=O) groups is 1. The molecule has 0 aromatic carbocycles. The predicted molar refractivity (Wildman–Crippen MR) is 61.8 cm³/mol. The molecule has 0 rings (SSSR count).